The number of likely N-dealkylation sites (tertiary alicyclic amines) is 1. The fraction of sp³-hybridized carbons (Fsp3) is 0.263. The van der Waals surface area contributed by atoms with Gasteiger partial charge in [0, 0.05) is 43.4 Å². The van der Waals surface area contributed by atoms with Crippen LogP contribution >= 0.6 is 0 Å². The lowest BCUT2D eigenvalue weighted by molar-refractivity contribution is -0.128. The van der Waals surface area contributed by atoms with Crippen molar-refractivity contribution >= 4 is 5.91 Å². The molecular formula is C19H18N4O2. The van der Waals surface area contributed by atoms with Gasteiger partial charge in [0.05, 0.1) is 0 Å². The minimum atomic E-state index is -0.0309. The van der Waals surface area contributed by atoms with Crippen molar-refractivity contribution in [1.29, 1.82) is 0 Å². The monoisotopic (exact) mass is 334 g/mol. The molecule has 0 bridgehead atoms. The number of pyridine rings is 1. The molecule has 1 unspecified atom stereocenters. The lowest BCUT2D eigenvalue weighted by atomic mass is 10.1. The zero-order valence-corrected chi connectivity index (χ0v) is 13.9. The van der Waals surface area contributed by atoms with E-state index in [9.17, 15) is 4.79 Å². The van der Waals surface area contributed by atoms with Gasteiger partial charge in [0.1, 0.15) is 0 Å². The van der Waals surface area contributed by atoms with E-state index in [0.29, 0.717) is 31.2 Å². The molecule has 2 aromatic heterocycles. The Morgan fingerprint density at radius 1 is 1.24 bits per heavy atom. The predicted molar refractivity (Wildman–Crippen MR) is 91.5 cm³/mol. The molecule has 0 aliphatic carbocycles. The number of benzene rings is 1. The van der Waals surface area contributed by atoms with E-state index in [0.717, 1.165) is 11.1 Å². The number of hydrogen-bond donors (Lipinski definition) is 0. The number of carbonyl (C=O) groups excluding carboxylic acids is 1. The summed E-state index contributed by atoms with van der Waals surface area (Å²) < 4.78 is 5.35. The van der Waals surface area contributed by atoms with Crippen LogP contribution in [0.25, 0.3) is 11.5 Å². The molecule has 0 N–H and O–H groups in total. The van der Waals surface area contributed by atoms with E-state index in [1.807, 2.05) is 29.2 Å². The largest absolute Gasteiger partial charge is 0.338 e. The second kappa shape index (κ2) is 6.47. The van der Waals surface area contributed by atoms with Crippen LogP contribution < -0.4 is 0 Å². The Balaban J connectivity index is 1.48. The Labute approximate surface area is 145 Å². The van der Waals surface area contributed by atoms with Gasteiger partial charge in [0.2, 0.25) is 5.91 Å². The third kappa shape index (κ3) is 3.28. The topological polar surface area (TPSA) is 72.1 Å². The maximum Gasteiger partial charge on any atom is 0.258 e. The van der Waals surface area contributed by atoms with E-state index >= 15 is 0 Å². The maximum absolute atomic E-state index is 12.4. The lowest BCUT2D eigenvalue weighted by Gasteiger charge is -2.16. The fourth-order valence-electron chi connectivity index (χ4n) is 3.14. The molecule has 3 heterocycles. The second-order valence-corrected chi connectivity index (χ2v) is 6.36. The van der Waals surface area contributed by atoms with Gasteiger partial charge >= 0.3 is 0 Å². The summed E-state index contributed by atoms with van der Waals surface area (Å²) in [5.41, 5.74) is 3.16. The SMILES string of the molecule is Cc1cccc(CN2CC(c3noc(-c4ccncc4)n3)CC2=O)c1. The molecule has 1 aliphatic heterocycles. The molecule has 4 rings (SSSR count). The Morgan fingerprint density at radius 2 is 2.08 bits per heavy atom. The van der Waals surface area contributed by atoms with Crippen molar-refractivity contribution in [3.63, 3.8) is 0 Å². The lowest BCUT2D eigenvalue weighted by Crippen LogP contribution is -2.24. The van der Waals surface area contributed by atoms with Crippen molar-refractivity contribution < 1.29 is 9.32 Å². The highest BCUT2D eigenvalue weighted by molar-refractivity contribution is 5.79. The van der Waals surface area contributed by atoms with Crippen LogP contribution in [0.2, 0.25) is 0 Å². The molecular weight excluding hydrogens is 316 g/mol. The van der Waals surface area contributed by atoms with Crippen molar-refractivity contribution in [1.82, 2.24) is 20.0 Å². The molecule has 3 aromatic rings. The molecule has 25 heavy (non-hydrogen) atoms. The van der Waals surface area contributed by atoms with E-state index in [1.54, 1.807) is 12.4 Å². The molecule has 1 amide bonds. The summed E-state index contributed by atoms with van der Waals surface area (Å²) in [5.74, 6) is 1.15. The van der Waals surface area contributed by atoms with E-state index in [4.69, 9.17) is 4.52 Å². The first-order valence-corrected chi connectivity index (χ1v) is 8.26. The third-order valence-corrected chi connectivity index (χ3v) is 4.40. The first-order valence-electron chi connectivity index (χ1n) is 8.26. The third-order valence-electron chi connectivity index (χ3n) is 4.40. The van der Waals surface area contributed by atoms with Crippen molar-refractivity contribution in [2.24, 2.45) is 0 Å². The van der Waals surface area contributed by atoms with E-state index in [-0.39, 0.29) is 11.8 Å². The molecule has 1 fully saturated rings. The van der Waals surface area contributed by atoms with E-state index in [2.05, 4.69) is 34.2 Å². The van der Waals surface area contributed by atoms with E-state index < -0.39 is 0 Å². The quantitative estimate of drug-likeness (QED) is 0.733. The van der Waals surface area contributed by atoms with Gasteiger partial charge in [0.25, 0.3) is 5.89 Å². The number of carbonyl (C=O) groups is 1. The van der Waals surface area contributed by atoms with Gasteiger partial charge < -0.3 is 9.42 Å². The second-order valence-electron chi connectivity index (χ2n) is 6.36. The number of nitrogens with zero attached hydrogens (tertiary/aromatic N) is 4. The molecule has 0 radical (unpaired) electrons. The molecule has 126 valence electrons. The van der Waals surface area contributed by atoms with Crippen LogP contribution in [-0.4, -0.2) is 32.5 Å². The zero-order valence-electron chi connectivity index (χ0n) is 13.9. The highest BCUT2D eigenvalue weighted by Gasteiger charge is 2.33. The Hall–Kier alpha value is -3.02. The summed E-state index contributed by atoms with van der Waals surface area (Å²) >= 11 is 0. The summed E-state index contributed by atoms with van der Waals surface area (Å²) in [6, 6.07) is 11.9. The average molecular weight is 334 g/mol. The van der Waals surface area contributed by atoms with Crippen LogP contribution in [0, 0.1) is 6.92 Å². The van der Waals surface area contributed by atoms with Crippen LogP contribution in [0.4, 0.5) is 0 Å². The first-order chi connectivity index (χ1) is 12.2. The smallest absolute Gasteiger partial charge is 0.258 e. The number of amides is 1. The highest BCUT2D eigenvalue weighted by Crippen LogP contribution is 2.29. The minimum Gasteiger partial charge on any atom is -0.338 e. The molecule has 0 spiro atoms. The zero-order chi connectivity index (χ0) is 17.2. The van der Waals surface area contributed by atoms with Crippen LogP contribution in [0.15, 0.2) is 53.3 Å². The minimum absolute atomic E-state index is 0.0309. The molecule has 1 aromatic carbocycles. The van der Waals surface area contributed by atoms with Gasteiger partial charge in [0.15, 0.2) is 5.82 Å². The van der Waals surface area contributed by atoms with E-state index in [1.165, 1.54) is 5.56 Å². The van der Waals surface area contributed by atoms with Crippen LogP contribution in [0.5, 0.6) is 0 Å². The van der Waals surface area contributed by atoms with Crippen LogP contribution in [-0.2, 0) is 11.3 Å². The number of aromatic nitrogens is 3. The summed E-state index contributed by atoms with van der Waals surface area (Å²) in [7, 11) is 0. The number of aryl methyl sites for hydroxylation is 1. The van der Waals surface area contributed by atoms with Crippen LogP contribution in [0.3, 0.4) is 0 Å². The van der Waals surface area contributed by atoms with Crippen LogP contribution in [0.1, 0.15) is 29.3 Å². The molecule has 1 saturated heterocycles. The molecule has 0 saturated carbocycles. The highest BCUT2D eigenvalue weighted by atomic mass is 16.5. The predicted octanol–water partition coefficient (Wildman–Crippen LogP) is 2.96. The van der Waals surface area contributed by atoms with Crippen molar-refractivity contribution in [3.05, 3.63) is 65.7 Å². The Bertz CT molecular complexity index is 891. The van der Waals surface area contributed by atoms with Gasteiger partial charge in [-0.3, -0.25) is 9.78 Å². The summed E-state index contributed by atoms with van der Waals surface area (Å²) in [6.07, 6.45) is 3.78. The van der Waals surface area contributed by atoms with Crippen molar-refractivity contribution in [2.45, 2.75) is 25.8 Å². The molecule has 6 heteroatoms. The summed E-state index contributed by atoms with van der Waals surface area (Å²) in [4.78, 5) is 22.7. The Morgan fingerprint density at radius 3 is 2.88 bits per heavy atom. The van der Waals surface area contributed by atoms with Gasteiger partial charge in [-0.05, 0) is 24.6 Å². The number of rotatable bonds is 4. The molecule has 1 atom stereocenters. The normalized spacial score (nSPS) is 17.2. The maximum atomic E-state index is 12.4. The van der Waals surface area contributed by atoms with Crippen molar-refractivity contribution in [3.8, 4) is 11.5 Å². The van der Waals surface area contributed by atoms with Gasteiger partial charge in [-0.1, -0.05) is 35.0 Å². The fourth-order valence-corrected chi connectivity index (χ4v) is 3.14. The first kappa shape index (κ1) is 15.5. The van der Waals surface area contributed by atoms with Gasteiger partial charge in [-0.2, -0.15) is 4.98 Å². The molecule has 6 nitrogen and oxygen atoms in total. The standard InChI is InChI=1S/C19H18N4O2/c1-13-3-2-4-14(9-13)11-23-12-16(10-17(23)24)18-21-19(25-22-18)15-5-7-20-8-6-15/h2-9,16H,10-12H2,1H3. The van der Waals surface area contributed by atoms with Crippen molar-refractivity contribution in [2.75, 3.05) is 6.54 Å². The average Bonchev–Trinajstić information content (AvgIpc) is 3.23. The summed E-state index contributed by atoms with van der Waals surface area (Å²) in [5, 5.41) is 4.08. The number of hydrogen-bond acceptors (Lipinski definition) is 5. The summed E-state index contributed by atoms with van der Waals surface area (Å²) in [6.45, 7) is 3.28. The Kier molecular flexibility index (Phi) is 4.01. The van der Waals surface area contributed by atoms with Gasteiger partial charge in [-0.15, -0.1) is 0 Å². The molecule has 1 aliphatic rings. The van der Waals surface area contributed by atoms with Gasteiger partial charge in [-0.25, -0.2) is 0 Å².